The number of benzene rings is 1. The largest absolute Gasteiger partial charge is 0.326 e. The van der Waals surface area contributed by atoms with E-state index in [9.17, 15) is 13.2 Å². The zero-order valence-electron chi connectivity index (χ0n) is 12.0. The molecule has 0 saturated carbocycles. The zero-order valence-corrected chi connectivity index (χ0v) is 14.4. The number of hydrogen-bond acceptors (Lipinski definition) is 4. The van der Waals surface area contributed by atoms with Gasteiger partial charge in [0.05, 0.1) is 6.26 Å². The van der Waals surface area contributed by atoms with E-state index in [2.05, 4.69) is 26.2 Å². The van der Waals surface area contributed by atoms with Crippen LogP contribution in [0.25, 0.3) is 0 Å². The number of aliphatic imine (C=N–C) groups is 1. The van der Waals surface area contributed by atoms with Gasteiger partial charge >= 0.3 is 0 Å². The van der Waals surface area contributed by atoms with Crippen LogP contribution in [0.2, 0.25) is 0 Å². The van der Waals surface area contributed by atoms with Gasteiger partial charge in [-0.05, 0) is 12.1 Å². The highest BCUT2D eigenvalue weighted by Gasteiger charge is 2.43. The number of carbonyl (C=O) groups excluding carboxylic acids is 1. The van der Waals surface area contributed by atoms with Gasteiger partial charge in [0.25, 0.3) is 5.91 Å². The minimum Gasteiger partial charge on any atom is -0.326 e. The molecule has 1 amide bonds. The molecular formula is C14H16BrN3O3S. The van der Waals surface area contributed by atoms with Gasteiger partial charge in [0.1, 0.15) is 11.4 Å². The Bertz CT molecular complexity index is 735. The summed E-state index contributed by atoms with van der Waals surface area (Å²) in [4.78, 5) is 16.8. The minimum absolute atomic E-state index is 0.199. The van der Waals surface area contributed by atoms with Crippen LogP contribution in [-0.4, -0.2) is 49.4 Å². The molecule has 1 fully saturated rings. The van der Waals surface area contributed by atoms with Crippen molar-refractivity contribution in [3.63, 3.8) is 0 Å². The van der Waals surface area contributed by atoms with E-state index in [0.29, 0.717) is 31.6 Å². The molecule has 0 aromatic heterocycles. The first kappa shape index (κ1) is 15.6. The van der Waals surface area contributed by atoms with Gasteiger partial charge in [0, 0.05) is 36.0 Å². The fourth-order valence-electron chi connectivity index (χ4n) is 2.79. The molecule has 0 bridgehead atoms. The molecule has 3 rings (SSSR count). The highest BCUT2D eigenvalue weighted by atomic mass is 79.9. The fourth-order valence-corrected chi connectivity index (χ4v) is 3.90. The van der Waals surface area contributed by atoms with Crippen molar-refractivity contribution in [1.29, 1.82) is 0 Å². The van der Waals surface area contributed by atoms with Crippen molar-refractivity contribution in [3.05, 3.63) is 34.3 Å². The summed E-state index contributed by atoms with van der Waals surface area (Å²) in [6.07, 6.45) is 2.19. The maximum atomic E-state index is 12.2. The van der Waals surface area contributed by atoms with Crippen LogP contribution >= 0.6 is 15.9 Å². The second-order valence-corrected chi connectivity index (χ2v) is 8.51. The van der Waals surface area contributed by atoms with E-state index in [4.69, 9.17) is 0 Å². The molecule has 1 spiro atoms. The first-order chi connectivity index (χ1) is 10.3. The van der Waals surface area contributed by atoms with Crippen molar-refractivity contribution in [1.82, 2.24) is 9.62 Å². The molecule has 1 N–H and O–H groups in total. The van der Waals surface area contributed by atoms with Crippen LogP contribution in [0.4, 0.5) is 0 Å². The van der Waals surface area contributed by atoms with Gasteiger partial charge in [-0.2, -0.15) is 0 Å². The van der Waals surface area contributed by atoms with Gasteiger partial charge in [-0.15, -0.1) is 0 Å². The maximum Gasteiger partial charge on any atom is 0.272 e. The molecular weight excluding hydrogens is 370 g/mol. The molecule has 2 aliphatic rings. The number of hydrogen-bond donors (Lipinski definition) is 1. The lowest BCUT2D eigenvalue weighted by Gasteiger charge is -2.35. The summed E-state index contributed by atoms with van der Waals surface area (Å²) in [6, 6.07) is 7.41. The van der Waals surface area contributed by atoms with Crippen LogP contribution < -0.4 is 5.32 Å². The molecule has 0 radical (unpaired) electrons. The number of halogens is 1. The van der Waals surface area contributed by atoms with Crippen LogP contribution in [0.1, 0.15) is 18.4 Å². The molecule has 0 atom stereocenters. The summed E-state index contributed by atoms with van der Waals surface area (Å²) in [7, 11) is -3.19. The summed E-state index contributed by atoms with van der Waals surface area (Å²) in [5.74, 6) is -0.199. The Kier molecular flexibility index (Phi) is 3.86. The minimum atomic E-state index is -3.19. The second kappa shape index (κ2) is 5.43. The average Bonchev–Trinajstić information content (AvgIpc) is 2.76. The number of nitrogens with one attached hydrogen (secondary N) is 1. The quantitative estimate of drug-likeness (QED) is 0.828. The van der Waals surface area contributed by atoms with Crippen molar-refractivity contribution in [2.75, 3.05) is 19.3 Å². The van der Waals surface area contributed by atoms with E-state index in [0.717, 1.165) is 10.0 Å². The summed E-state index contributed by atoms with van der Waals surface area (Å²) in [5.41, 5.74) is 0.518. The Morgan fingerprint density at radius 3 is 2.36 bits per heavy atom. The highest BCUT2D eigenvalue weighted by Crippen LogP contribution is 2.29. The van der Waals surface area contributed by atoms with Crippen LogP contribution in [0.5, 0.6) is 0 Å². The van der Waals surface area contributed by atoms with Gasteiger partial charge in [0.2, 0.25) is 10.0 Å². The Morgan fingerprint density at radius 2 is 1.82 bits per heavy atom. The van der Waals surface area contributed by atoms with E-state index in [-0.39, 0.29) is 5.91 Å². The molecule has 118 valence electrons. The number of amides is 1. The fraction of sp³-hybridized carbons (Fsp3) is 0.429. The molecule has 0 aliphatic carbocycles. The molecule has 0 unspecified atom stereocenters. The maximum absolute atomic E-state index is 12.2. The van der Waals surface area contributed by atoms with Crippen molar-refractivity contribution in [2.24, 2.45) is 4.99 Å². The smallest absolute Gasteiger partial charge is 0.272 e. The SMILES string of the molecule is CS(=O)(=O)N1CCC2(CC1)N=C(c1ccc(Br)cc1)C(=O)N2. The summed E-state index contributed by atoms with van der Waals surface area (Å²) in [5, 5.41) is 2.93. The first-order valence-corrected chi connectivity index (χ1v) is 9.57. The van der Waals surface area contributed by atoms with Crippen molar-refractivity contribution in [3.8, 4) is 0 Å². The summed E-state index contributed by atoms with van der Waals surface area (Å²) in [6.45, 7) is 0.743. The molecule has 1 saturated heterocycles. The Morgan fingerprint density at radius 1 is 1.23 bits per heavy atom. The number of piperidine rings is 1. The third-order valence-corrected chi connectivity index (χ3v) is 5.86. The van der Waals surface area contributed by atoms with Crippen molar-refractivity contribution in [2.45, 2.75) is 18.5 Å². The molecule has 22 heavy (non-hydrogen) atoms. The predicted octanol–water partition coefficient (Wildman–Crippen LogP) is 1.12. The Hall–Kier alpha value is -1.25. The third-order valence-electron chi connectivity index (χ3n) is 4.02. The molecule has 1 aromatic rings. The first-order valence-electron chi connectivity index (χ1n) is 6.93. The van der Waals surface area contributed by atoms with Crippen molar-refractivity contribution >= 4 is 37.6 Å². The van der Waals surface area contributed by atoms with E-state index < -0.39 is 15.7 Å². The number of nitrogens with zero attached hydrogens (tertiary/aromatic N) is 2. The monoisotopic (exact) mass is 385 g/mol. The van der Waals surface area contributed by atoms with Crippen LogP contribution in [0, 0.1) is 0 Å². The van der Waals surface area contributed by atoms with Gasteiger partial charge < -0.3 is 5.32 Å². The molecule has 2 heterocycles. The van der Waals surface area contributed by atoms with Crippen LogP contribution in [0.3, 0.4) is 0 Å². The second-order valence-electron chi connectivity index (χ2n) is 5.62. The van der Waals surface area contributed by atoms with Crippen LogP contribution in [-0.2, 0) is 14.8 Å². The van der Waals surface area contributed by atoms with E-state index in [1.807, 2.05) is 24.3 Å². The molecule has 1 aromatic carbocycles. The topological polar surface area (TPSA) is 78.8 Å². The standard InChI is InChI=1S/C14H16BrN3O3S/c1-22(20,21)18-8-6-14(7-9-18)16-12(13(19)17-14)10-2-4-11(15)5-3-10/h2-5H,6-9H2,1H3,(H,17,19). The zero-order chi connectivity index (χ0) is 16.0. The predicted molar refractivity (Wildman–Crippen MR) is 87.2 cm³/mol. The van der Waals surface area contributed by atoms with E-state index in [1.54, 1.807) is 0 Å². The Labute approximate surface area is 137 Å². The molecule has 8 heteroatoms. The lowest BCUT2D eigenvalue weighted by molar-refractivity contribution is -0.115. The van der Waals surface area contributed by atoms with Crippen LogP contribution in [0.15, 0.2) is 33.7 Å². The third kappa shape index (κ3) is 2.95. The van der Waals surface area contributed by atoms with E-state index >= 15 is 0 Å². The summed E-state index contributed by atoms with van der Waals surface area (Å²) >= 11 is 3.36. The highest BCUT2D eigenvalue weighted by molar-refractivity contribution is 9.10. The number of sulfonamides is 1. The average molecular weight is 386 g/mol. The molecule has 2 aliphatic heterocycles. The van der Waals surface area contributed by atoms with Gasteiger partial charge in [0.15, 0.2) is 0 Å². The lowest BCUT2D eigenvalue weighted by Crippen LogP contribution is -2.52. The molecule has 6 nitrogen and oxygen atoms in total. The van der Waals surface area contributed by atoms with Gasteiger partial charge in [-0.1, -0.05) is 28.1 Å². The lowest BCUT2D eigenvalue weighted by atomic mass is 10.00. The Balaban J connectivity index is 1.83. The normalized spacial score (nSPS) is 21.7. The number of rotatable bonds is 2. The summed E-state index contributed by atoms with van der Waals surface area (Å²) < 4.78 is 25.5. The number of carbonyl (C=O) groups is 1. The van der Waals surface area contributed by atoms with Gasteiger partial charge in [-0.25, -0.2) is 12.7 Å². The van der Waals surface area contributed by atoms with Crippen molar-refractivity contribution < 1.29 is 13.2 Å². The van der Waals surface area contributed by atoms with E-state index in [1.165, 1.54) is 10.6 Å². The van der Waals surface area contributed by atoms with Gasteiger partial charge in [-0.3, -0.25) is 9.79 Å².